The predicted octanol–water partition coefficient (Wildman–Crippen LogP) is 7.43. The summed E-state index contributed by atoms with van der Waals surface area (Å²) in [6.45, 7) is 4.39. The largest absolute Gasteiger partial charge is 0.496 e. The number of hydrogen-bond acceptors (Lipinski definition) is 4. The van der Waals surface area contributed by atoms with Gasteiger partial charge in [-0.15, -0.1) is 0 Å². The van der Waals surface area contributed by atoms with E-state index in [0.717, 1.165) is 33.1 Å². The molecule has 0 bridgehead atoms. The van der Waals surface area contributed by atoms with Crippen LogP contribution < -0.4 is 10.1 Å². The second kappa shape index (κ2) is 10.0. The molecule has 1 heterocycles. The van der Waals surface area contributed by atoms with E-state index in [2.05, 4.69) is 52.2 Å². The Balaban J connectivity index is 1.46. The van der Waals surface area contributed by atoms with Crippen LogP contribution in [0.25, 0.3) is 28.6 Å². The molecular weight excluding hydrogens is 480 g/mol. The van der Waals surface area contributed by atoms with Crippen LogP contribution in [0.1, 0.15) is 37.3 Å². The van der Waals surface area contributed by atoms with E-state index in [-0.39, 0.29) is 5.91 Å². The highest BCUT2D eigenvalue weighted by atomic mass is 79.9. The van der Waals surface area contributed by atoms with Crippen molar-refractivity contribution in [3.05, 3.63) is 82.3 Å². The maximum Gasteiger partial charge on any atom is 0.248 e. The van der Waals surface area contributed by atoms with Gasteiger partial charge in [-0.2, -0.15) is 0 Å². The van der Waals surface area contributed by atoms with E-state index in [0.29, 0.717) is 23.2 Å². The standard InChI is InChI=1S/C27H25BrN2O3/c1-4-17(2)19-7-12-25-23(16-19)30-27(33-25)18-5-10-22(11-6-18)29-26(31)14-8-20-15-21(28)9-13-24(20)32-3/h5-17H,4H2,1-3H3,(H,29,31)/b14-8+/t17-/m1/s1. The van der Waals surface area contributed by atoms with Gasteiger partial charge in [0.05, 0.1) is 7.11 Å². The van der Waals surface area contributed by atoms with Crippen LogP contribution in [0, 0.1) is 0 Å². The number of aromatic nitrogens is 1. The number of nitrogens with one attached hydrogen (secondary N) is 1. The lowest BCUT2D eigenvalue weighted by Gasteiger charge is -2.07. The maximum absolute atomic E-state index is 12.4. The van der Waals surface area contributed by atoms with Gasteiger partial charge in [-0.05, 0) is 78.6 Å². The third-order valence-corrected chi connectivity index (χ3v) is 6.09. The molecule has 0 saturated heterocycles. The van der Waals surface area contributed by atoms with Crippen molar-refractivity contribution >= 4 is 44.7 Å². The number of anilines is 1. The number of ether oxygens (including phenoxy) is 1. The monoisotopic (exact) mass is 504 g/mol. The Hall–Kier alpha value is -3.38. The van der Waals surface area contributed by atoms with Crippen molar-refractivity contribution in [2.24, 2.45) is 0 Å². The summed E-state index contributed by atoms with van der Waals surface area (Å²) in [5, 5.41) is 2.87. The predicted molar refractivity (Wildman–Crippen MR) is 137 cm³/mol. The summed E-state index contributed by atoms with van der Waals surface area (Å²) in [7, 11) is 1.60. The zero-order valence-electron chi connectivity index (χ0n) is 18.8. The number of rotatable bonds is 7. The molecule has 1 atom stereocenters. The number of methoxy groups -OCH3 is 1. The molecule has 0 aliphatic carbocycles. The number of halogens is 1. The Kier molecular flexibility index (Phi) is 6.94. The fourth-order valence-electron chi connectivity index (χ4n) is 3.49. The zero-order chi connectivity index (χ0) is 23.4. The maximum atomic E-state index is 12.4. The van der Waals surface area contributed by atoms with Gasteiger partial charge in [-0.1, -0.05) is 35.8 Å². The summed E-state index contributed by atoms with van der Waals surface area (Å²) >= 11 is 3.43. The van der Waals surface area contributed by atoms with Crippen molar-refractivity contribution in [3.8, 4) is 17.2 Å². The van der Waals surface area contributed by atoms with Gasteiger partial charge < -0.3 is 14.5 Å². The summed E-state index contributed by atoms with van der Waals surface area (Å²) in [6, 6.07) is 19.2. The van der Waals surface area contributed by atoms with Crippen LogP contribution in [-0.4, -0.2) is 18.0 Å². The van der Waals surface area contributed by atoms with E-state index in [4.69, 9.17) is 9.15 Å². The number of oxazole rings is 1. The Morgan fingerprint density at radius 3 is 2.67 bits per heavy atom. The molecule has 0 aliphatic heterocycles. The van der Waals surface area contributed by atoms with Crippen molar-refractivity contribution < 1.29 is 13.9 Å². The summed E-state index contributed by atoms with van der Waals surface area (Å²) in [5.74, 6) is 1.51. The van der Waals surface area contributed by atoms with Crippen LogP contribution in [0.2, 0.25) is 0 Å². The molecule has 4 rings (SSSR count). The molecule has 1 aromatic heterocycles. The number of benzene rings is 3. The molecule has 0 unspecified atom stereocenters. The van der Waals surface area contributed by atoms with Crippen molar-refractivity contribution in [2.75, 3.05) is 12.4 Å². The molecule has 3 aromatic carbocycles. The molecule has 0 spiro atoms. The Morgan fingerprint density at radius 1 is 1.15 bits per heavy atom. The van der Waals surface area contributed by atoms with E-state index in [9.17, 15) is 4.79 Å². The van der Waals surface area contributed by atoms with Gasteiger partial charge in [0.2, 0.25) is 11.8 Å². The molecule has 0 aliphatic rings. The van der Waals surface area contributed by atoms with Crippen molar-refractivity contribution in [2.45, 2.75) is 26.2 Å². The number of carbonyl (C=O) groups excluding carboxylic acids is 1. The molecule has 0 fully saturated rings. The molecule has 0 saturated carbocycles. The zero-order valence-corrected chi connectivity index (χ0v) is 20.3. The van der Waals surface area contributed by atoms with Gasteiger partial charge >= 0.3 is 0 Å². The fraction of sp³-hybridized carbons (Fsp3) is 0.185. The number of nitrogens with zero attached hydrogens (tertiary/aromatic N) is 1. The van der Waals surface area contributed by atoms with Crippen LogP contribution >= 0.6 is 15.9 Å². The molecule has 6 heteroatoms. The van der Waals surface area contributed by atoms with Crippen LogP contribution in [-0.2, 0) is 4.79 Å². The van der Waals surface area contributed by atoms with E-state index >= 15 is 0 Å². The van der Waals surface area contributed by atoms with Gasteiger partial charge in [0.1, 0.15) is 11.3 Å². The first-order chi connectivity index (χ1) is 16.0. The normalized spacial score (nSPS) is 12.2. The van der Waals surface area contributed by atoms with Crippen LogP contribution in [0.5, 0.6) is 5.75 Å². The van der Waals surface area contributed by atoms with E-state index < -0.39 is 0 Å². The first kappa shape index (κ1) is 22.8. The van der Waals surface area contributed by atoms with E-state index in [1.807, 2.05) is 48.5 Å². The third-order valence-electron chi connectivity index (χ3n) is 5.60. The van der Waals surface area contributed by atoms with Gasteiger partial charge in [-0.25, -0.2) is 4.98 Å². The smallest absolute Gasteiger partial charge is 0.248 e. The van der Waals surface area contributed by atoms with Crippen LogP contribution in [0.15, 0.2) is 75.6 Å². The van der Waals surface area contributed by atoms with Crippen molar-refractivity contribution in [3.63, 3.8) is 0 Å². The molecular formula is C27H25BrN2O3. The average Bonchev–Trinajstić information content (AvgIpc) is 3.26. The topological polar surface area (TPSA) is 64.4 Å². The lowest BCUT2D eigenvalue weighted by Crippen LogP contribution is -2.07. The molecule has 4 aromatic rings. The molecule has 5 nitrogen and oxygen atoms in total. The molecule has 0 radical (unpaired) electrons. The fourth-order valence-corrected chi connectivity index (χ4v) is 3.87. The van der Waals surface area contributed by atoms with Crippen molar-refractivity contribution in [1.82, 2.24) is 4.98 Å². The van der Waals surface area contributed by atoms with Crippen molar-refractivity contribution in [1.29, 1.82) is 0 Å². The van der Waals surface area contributed by atoms with Gasteiger partial charge in [0, 0.05) is 27.4 Å². The minimum Gasteiger partial charge on any atom is -0.496 e. The summed E-state index contributed by atoms with van der Waals surface area (Å²) in [5.41, 5.74) is 5.23. The number of hydrogen-bond donors (Lipinski definition) is 1. The Labute approximate surface area is 201 Å². The third kappa shape index (κ3) is 5.34. The highest BCUT2D eigenvalue weighted by molar-refractivity contribution is 9.10. The molecule has 1 amide bonds. The Bertz CT molecular complexity index is 1310. The van der Waals surface area contributed by atoms with Crippen LogP contribution in [0.4, 0.5) is 5.69 Å². The highest BCUT2D eigenvalue weighted by Gasteiger charge is 2.11. The number of carbonyl (C=O) groups is 1. The highest BCUT2D eigenvalue weighted by Crippen LogP contribution is 2.29. The van der Waals surface area contributed by atoms with E-state index in [1.54, 1.807) is 13.2 Å². The van der Waals surface area contributed by atoms with Gasteiger partial charge in [0.15, 0.2) is 5.58 Å². The molecule has 1 N–H and O–H groups in total. The summed E-state index contributed by atoms with van der Waals surface area (Å²) < 4.78 is 12.2. The van der Waals surface area contributed by atoms with Gasteiger partial charge in [-0.3, -0.25) is 4.79 Å². The lowest BCUT2D eigenvalue weighted by atomic mass is 9.98. The second-order valence-electron chi connectivity index (χ2n) is 7.84. The minimum atomic E-state index is -0.232. The van der Waals surface area contributed by atoms with Gasteiger partial charge in [0.25, 0.3) is 0 Å². The van der Waals surface area contributed by atoms with E-state index in [1.165, 1.54) is 11.6 Å². The lowest BCUT2D eigenvalue weighted by molar-refractivity contribution is -0.111. The second-order valence-corrected chi connectivity index (χ2v) is 8.76. The van der Waals surface area contributed by atoms with Crippen LogP contribution in [0.3, 0.4) is 0 Å². The Morgan fingerprint density at radius 2 is 1.94 bits per heavy atom. The summed E-state index contributed by atoms with van der Waals surface area (Å²) in [4.78, 5) is 17.0. The summed E-state index contributed by atoms with van der Waals surface area (Å²) in [6.07, 6.45) is 4.28. The quantitative estimate of drug-likeness (QED) is 0.265. The molecule has 33 heavy (non-hydrogen) atoms. The number of amides is 1. The SMILES string of the molecule is CC[C@@H](C)c1ccc2oc(-c3ccc(NC(=O)/C=C/c4cc(Br)ccc4OC)cc3)nc2c1. The average molecular weight is 505 g/mol. The first-order valence-corrected chi connectivity index (χ1v) is 11.6. The first-order valence-electron chi connectivity index (χ1n) is 10.8. The molecule has 168 valence electrons. The number of fused-ring (bicyclic) bond motifs is 1. The minimum absolute atomic E-state index is 0.232.